The lowest BCUT2D eigenvalue weighted by molar-refractivity contribution is -0.136. The van der Waals surface area contributed by atoms with E-state index in [1.165, 1.54) is 6.07 Å². The molecule has 5 aromatic rings. The van der Waals surface area contributed by atoms with Crippen molar-refractivity contribution in [3.63, 3.8) is 0 Å². The third-order valence-electron chi connectivity index (χ3n) is 7.87. The molecular weight excluding hydrogens is 595 g/mol. The molecule has 1 aliphatic rings. The second-order valence-electron chi connectivity index (χ2n) is 11.2. The molecule has 0 radical (unpaired) electrons. The average Bonchev–Trinajstić information content (AvgIpc) is 3.48. The number of anilines is 4. The number of hydrogen-bond acceptors (Lipinski definition) is 8. The molecular formula is C33H32F3N9O. The summed E-state index contributed by atoms with van der Waals surface area (Å²) in [5.74, 6) is -0.395. The van der Waals surface area contributed by atoms with Crippen LogP contribution in [0.25, 0.3) is 22.5 Å². The van der Waals surface area contributed by atoms with Crippen LogP contribution in [0.1, 0.15) is 21.5 Å². The fourth-order valence-electron chi connectivity index (χ4n) is 5.22. The molecule has 1 saturated heterocycles. The predicted molar refractivity (Wildman–Crippen MR) is 171 cm³/mol. The van der Waals surface area contributed by atoms with Crippen molar-refractivity contribution in [2.75, 3.05) is 48.8 Å². The number of nitrogens with zero attached hydrogens (tertiary/aromatic N) is 7. The number of aromatic nitrogens is 5. The molecule has 1 amide bonds. The molecule has 10 nitrogen and oxygen atoms in total. The Balaban J connectivity index is 1.21. The Morgan fingerprint density at radius 1 is 0.870 bits per heavy atom. The van der Waals surface area contributed by atoms with Gasteiger partial charge in [-0.2, -0.15) is 18.3 Å². The Bertz CT molecular complexity index is 1880. The van der Waals surface area contributed by atoms with E-state index in [4.69, 9.17) is 0 Å². The zero-order valence-corrected chi connectivity index (χ0v) is 25.5. The lowest BCUT2D eigenvalue weighted by Crippen LogP contribution is -2.44. The zero-order chi connectivity index (χ0) is 32.4. The van der Waals surface area contributed by atoms with Crippen molar-refractivity contribution < 1.29 is 18.0 Å². The van der Waals surface area contributed by atoms with E-state index in [2.05, 4.69) is 35.6 Å². The van der Waals surface area contributed by atoms with Gasteiger partial charge in [0.05, 0.1) is 22.6 Å². The van der Waals surface area contributed by atoms with E-state index < -0.39 is 17.6 Å². The number of likely N-dealkylation sites (N-methyl/N-ethyl adjacent to an activating group) is 1. The first-order valence-electron chi connectivity index (χ1n) is 14.7. The van der Waals surface area contributed by atoms with Gasteiger partial charge in [-0.3, -0.25) is 14.5 Å². The molecule has 0 atom stereocenters. The molecule has 0 saturated carbocycles. The third-order valence-corrected chi connectivity index (χ3v) is 7.87. The molecule has 46 heavy (non-hydrogen) atoms. The van der Waals surface area contributed by atoms with Gasteiger partial charge in [0.25, 0.3) is 5.91 Å². The van der Waals surface area contributed by atoms with Crippen molar-refractivity contribution in [2.45, 2.75) is 13.1 Å². The number of alkyl halides is 3. The van der Waals surface area contributed by atoms with Crippen molar-refractivity contribution in [1.29, 1.82) is 0 Å². The quantitative estimate of drug-likeness (QED) is 0.226. The van der Waals surface area contributed by atoms with E-state index in [0.717, 1.165) is 41.5 Å². The summed E-state index contributed by atoms with van der Waals surface area (Å²) in [7, 11) is 3.82. The van der Waals surface area contributed by atoms with Crippen LogP contribution in [0.5, 0.6) is 0 Å². The molecule has 1 aliphatic heterocycles. The van der Waals surface area contributed by atoms with Crippen LogP contribution in [-0.2, 0) is 13.2 Å². The van der Waals surface area contributed by atoms with Crippen LogP contribution in [0.4, 0.5) is 36.2 Å². The highest BCUT2D eigenvalue weighted by atomic mass is 19.4. The minimum absolute atomic E-state index is 0.174. The summed E-state index contributed by atoms with van der Waals surface area (Å²) in [5.41, 5.74) is 3.77. The van der Waals surface area contributed by atoms with E-state index in [9.17, 15) is 18.0 Å². The fourth-order valence-corrected chi connectivity index (χ4v) is 5.22. The summed E-state index contributed by atoms with van der Waals surface area (Å²) in [5, 5.41) is 10.0. The maximum absolute atomic E-state index is 14.1. The van der Waals surface area contributed by atoms with E-state index in [0.29, 0.717) is 30.2 Å². The van der Waals surface area contributed by atoms with E-state index in [1.54, 1.807) is 53.6 Å². The SMILES string of the molecule is Cc1ccc(C(=O)Nc2ccc(N3CCN(C)CC3)cc2C(F)(F)F)cc1Nc1nccc(-c2cncc(-c3ccn(C)n3)c2)n1. The van der Waals surface area contributed by atoms with Crippen molar-refractivity contribution in [1.82, 2.24) is 29.6 Å². The molecule has 0 bridgehead atoms. The van der Waals surface area contributed by atoms with E-state index in [1.807, 2.05) is 44.2 Å². The molecule has 2 aromatic carbocycles. The zero-order valence-electron chi connectivity index (χ0n) is 25.5. The highest BCUT2D eigenvalue weighted by Gasteiger charge is 2.35. The first-order chi connectivity index (χ1) is 22.0. The van der Waals surface area contributed by atoms with Gasteiger partial charge in [0.1, 0.15) is 0 Å². The predicted octanol–water partition coefficient (Wildman–Crippen LogP) is 6.01. The third kappa shape index (κ3) is 6.84. The first kappa shape index (κ1) is 30.7. The van der Waals surface area contributed by atoms with Gasteiger partial charge >= 0.3 is 6.18 Å². The minimum atomic E-state index is -4.65. The van der Waals surface area contributed by atoms with Gasteiger partial charge in [0.2, 0.25) is 5.95 Å². The highest BCUT2D eigenvalue weighted by molar-refractivity contribution is 6.05. The summed E-state index contributed by atoms with van der Waals surface area (Å²) in [6.07, 6.45) is 2.23. The lowest BCUT2D eigenvalue weighted by Gasteiger charge is -2.34. The fraction of sp³-hybridized carbons (Fsp3) is 0.242. The largest absolute Gasteiger partial charge is 0.418 e. The summed E-state index contributed by atoms with van der Waals surface area (Å²) in [6.45, 7) is 4.61. The number of amides is 1. The molecule has 2 N–H and O–H groups in total. The Morgan fingerprint density at radius 2 is 1.63 bits per heavy atom. The number of piperazine rings is 1. The minimum Gasteiger partial charge on any atom is -0.369 e. The average molecular weight is 628 g/mol. The lowest BCUT2D eigenvalue weighted by atomic mass is 10.1. The maximum Gasteiger partial charge on any atom is 0.418 e. The maximum atomic E-state index is 14.1. The number of nitrogens with one attached hydrogen (secondary N) is 2. The van der Waals surface area contributed by atoms with Crippen LogP contribution in [0, 0.1) is 6.92 Å². The number of pyridine rings is 1. The number of aryl methyl sites for hydroxylation is 2. The van der Waals surface area contributed by atoms with E-state index >= 15 is 0 Å². The molecule has 236 valence electrons. The second kappa shape index (κ2) is 12.6. The summed E-state index contributed by atoms with van der Waals surface area (Å²) in [6, 6.07) is 14.5. The summed E-state index contributed by atoms with van der Waals surface area (Å²) < 4.78 is 44.1. The van der Waals surface area contributed by atoms with Gasteiger partial charge in [-0.25, -0.2) is 9.97 Å². The van der Waals surface area contributed by atoms with Crippen LogP contribution in [0.15, 0.2) is 79.4 Å². The molecule has 4 heterocycles. The van der Waals surface area contributed by atoms with Crippen LogP contribution >= 0.6 is 0 Å². The standard InChI is InChI=1S/C33H32F3N9O/c1-21-4-5-22(31(46)39-29-7-6-25(18-26(29)33(34,35)36)45-14-12-43(2)13-15-45)17-30(21)41-32-38-10-8-27(40-32)23-16-24(20-37-19-23)28-9-11-44(3)42-28/h4-11,16-20H,12-15H2,1-3H3,(H,39,46)(H,38,40,41). The monoisotopic (exact) mass is 627 g/mol. The second-order valence-corrected chi connectivity index (χ2v) is 11.2. The number of carbonyl (C=O) groups excluding carboxylic acids is 1. The number of rotatable bonds is 7. The van der Waals surface area contributed by atoms with Crippen molar-refractivity contribution in [3.8, 4) is 22.5 Å². The number of benzene rings is 2. The molecule has 0 unspecified atom stereocenters. The normalized spacial score (nSPS) is 13.9. The van der Waals surface area contributed by atoms with Crippen LogP contribution < -0.4 is 15.5 Å². The van der Waals surface area contributed by atoms with Crippen molar-refractivity contribution >= 4 is 28.9 Å². The Morgan fingerprint density at radius 3 is 2.35 bits per heavy atom. The Labute approximate surface area is 263 Å². The van der Waals surface area contributed by atoms with Gasteiger partial charge in [-0.1, -0.05) is 6.07 Å². The smallest absolute Gasteiger partial charge is 0.369 e. The summed E-state index contributed by atoms with van der Waals surface area (Å²) in [4.78, 5) is 30.6. The van der Waals surface area contributed by atoms with Gasteiger partial charge in [0, 0.05) is 86.1 Å². The highest BCUT2D eigenvalue weighted by Crippen LogP contribution is 2.38. The van der Waals surface area contributed by atoms with Crippen molar-refractivity contribution in [3.05, 3.63) is 96.1 Å². The topological polar surface area (TPSA) is 104 Å². The number of carbonyl (C=O) groups is 1. The molecule has 13 heteroatoms. The van der Waals surface area contributed by atoms with Gasteiger partial charge in [0.15, 0.2) is 0 Å². The van der Waals surface area contributed by atoms with Crippen LogP contribution in [0.3, 0.4) is 0 Å². The Kier molecular flexibility index (Phi) is 8.41. The molecule has 6 rings (SSSR count). The molecule has 0 aliphatic carbocycles. The van der Waals surface area contributed by atoms with Crippen LogP contribution in [-0.4, -0.2) is 68.8 Å². The van der Waals surface area contributed by atoms with Gasteiger partial charge < -0.3 is 20.4 Å². The van der Waals surface area contributed by atoms with Gasteiger partial charge in [-0.15, -0.1) is 0 Å². The molecule has 0 spiro atoms. The Hall–Kier alpha value is -5.30. The van der Waals surface area contributed by atoms with E-state index in [-0.39, 0.29) is 17.2 Å². The van der Waals surface area contributed by atoms with Crippen LogP contribution in [0.2, 0.25) is 0 Å². The number of halogens is 3. The van der Waals surface area contributed by atoms with Crippen molar-refractivity contribution in [2.24, 2.45) is 7.05 Å². The summed E-state index contributed by atoms with van der Waals surface area (Å²) >= 11 is 0. The number of hydrogen-bond donors (Lipinski definition) is 2. The first-order valence-corrected chi connectivity index (χ1v) is 14.7. The molecule has 1 fully saturated rings. The molecule has 3 aromatic heterocycles. The van der Waals surface area contributed by atoms with Gasteiger partial charge in [-0.05, 0) is 68.1 Å².